The minimum absolute atomic E-state index is 0.169. The number of anilines is 1. The molecule has 1 unspecified atom stereocenters. The fraction of sp³-hybridized carbons (Fsp3) is 0.759. The molecule has 0 radical (unpaired) electrons. The van der Waals surface area contributed by atoms with E-state index >= 15 is 0 Å². The number of fused-ring (bicyclic) bond motifs is 1. The molecule has 1 fully saturated rings. The third-order valence-electron chi connectivity index (χ3n) is 6.44. The van der Waals surface area contributed by atoms with E-state index < -0.39 is 5.60 Å². The lowest BCUT2D eigenvalue weighted by Gasteiger charge is -2.31. The van der Waals surface area contributed by atoms with E-state index in [1.807, 2.05) is 47.6 Å². The van der Waals surface area contributed by atoms with Gasteiger partial charge >= 0.3 is 6.09 Å². The summed E-state index contributed by atoms with van der Waals surface area (Å²) < 4.78 is 14.0. The van der Waals surface area contributed by atoms with E-state index in [9.17, 15) is 4.79 Å². The van der Waals surface area contributed by atoms with E-state index in [2.05, 4.69) is 18.8 Å². The number of hydrogen-bond donors (Lipinski definition) is 0. The molecule has 1 saturated carbocycles. The van der Waals surface area contributed by atoms with Crippen LogP contribution < -0.4 is 9.64 Å². The van der Waals surface area contributed by atoms with Crippen molar-refractivity contribution in [2.45, 2.75) is 131 Å². The maximum atomic E-state index is 13.5. The van der Waals surface area contributed by atoms with Crippen molar-refractivity contribution in [1.29, 1.82) is 0 Å². The standard InChI is InChI=1S/C27H44N4O3.C2H6/c1-7-9-14-21(13-8-2)19-30(26(32)34-27(4,5)6)23-17-24(33-22-15-11-10-12-16-22)29-31-20(3)18-28-25(23)31;1-2/h17-18,21-22H,7-16,19H2,1-6H3;1-2H3. The van der Waals surface area contributed by atoms with Crippen molar-refractivity contribution in [2.24, 2.45) is 5.92 Å². The molecule has 2 aromatic rings. The summed E-state index contributed by atoms with van der Waals surface area (Å²) >= 11 is 0. The van der Waals surface area contributed by atoms with E-state index in [4.69, 9.17) is 14.6 Å². The van der Waals surface area contributed by atoms with Crippen LogP contribution in [0, 0.1) is 12.8 Å². The van der Waals surface area contributed by atoms with Crippen LogP contribution in [0.3, 0.4) is 0 Å². The highest BCUT2D eigenvalue weighted by molar-refractivity contribution is 5.92. The molecule has 204 valence electrons. The quantitative estimate of drug-likeness (QED) is 0.328. The van der Waals surface area contributed by atoms with Gasteiger partial charge in [0.25, 0.3) is 0 Å². The Kier molecular flexibility index (Phi) is 12.0. The van der Waals surface area contributed by atoms with Crippen molar-refractivity contribution in [3.05, 3.63) is 18.0 Å². The molecule has 7 heteroatoms. The van der Waals surface area contributed by atoms with Crippen molar-refractivity contribution in [3.8, 4) is 5.88 Å². The molecule has 0 aromatic carbocycles. The van der Waals surface area contributed by atoms with E-state index in [-0.39, 0.29) is 12.2 Å². The Bertz CT molecular complexity index is 928. The molecule has 7 nitrogen and oxygen atoms in total. The average molecular weight is 503 g/mol. The summed E-state index contributed by atoms with van der Waals surface area (Å²) in [6, 6.07) is 1.89. The number of nitrogens with zero attached hydrogens (tertiary/aromatic N) is 4. The number of carbonyl (C=O) groups excluding carboxylic acids is 1. The number of hydrogen-bond acceptors (Lipinski definition) is 5. The van der Waals surface area contributed by atoms with Crippen molar-refractivity contribution >= 4 is 17.4 Å². The number of aromatic nitrogens is 3. The summed E-state index contributed by atoms with van der Waals surface area (Å²) in [6.07, 6.45) is 12.9. The lowest BCUT2D eigenvalue weighted by Crippen LogP contribution is -2.40. The first kappa shape index (κ1) is 29.9. The van der Waals surface area contributed by atoms with Crippen molar-refractivity contribution in [3.63, 3.8) is 0 Å². The van der Waals surface area contributed by atoms with E-state index in [1.165, 1.54) is 19.3 Å². The Morgan fingerprint density at radius 1 is 1.14 bits per heavy atom. The Hall–Kier alpha value is -2.31. The number of ether oxygens (including phenoxy) is 2. The van der Waals surface area contributed by atoms with Gasteiger partial charge in [-0.15, -0.1) is 5.10 Å². The normalized spacial score (nSPS) is 15.2. The van der Waals surface area contributed by atoms with Gasteiger partial charge in [0.2, 0.25) is 5.88 Å². The summed E-state index contributed by atoms with van der Waals surface area (Å²) in [6.45, 7) is 16.7. The zero-order chi connectivity index (χ0) is 26.7. The summed E-state index contributed by atoms with van der Waals surface area (Å²) in [5.41, 5.74) is 1.69. The molecule has 0 aliphatic heterocycles. The first-order valence-electron chi connectivity index (χ1n) is 14.2. The molecule has 0 bridgehead atoms. The fourth-order valence-electron chi connectivity index (χ4n) is 4.73. The summed E-state index contributed by atoms with van der Waals surface area (Å²) in [4.78, 5) is 19.9. The molecular formula is C29H50N4O3. The molecule has 2 heterocycles. The van der Waals surface area contributed by atoms with Crippen LogP contribution in [-0.2, 0) is 4.74 Å². The summed E-state index contributed by atoms with van der Waals surface area (Å²) in [5.74, 6) is 0.939. The van der Waals surface area contributed by atoms with Gasteiger partial charge in [-0.05, 0) is 72.1 Å². The zero-order valence-corrected chi connectivity index (χ0v) is 24.1. The number of unbranched alkanes of at least 4 members (excludes halogenated alkanes) is 1. The minimum atomic E-state index is -0.588. The van der Waals surface area contributed by atoms with Gasteiger partial charge in [0.1, 0.15) is 11.7 Å². The Morgan fingerprint density at radius 3 is 2.44 bits per heavy atom. The maximum absolute atomic E-state index is 13.5. The summed E-state index contributed by atoms with van der Waals surface area (Å²) in [5, 5.41) is 4.72. The molecule has 0 saturated heterocycles. The first-order valence-corrected chi connectivity index (χ1v) is 14.2. The number of amides is 1. The monoisotopic (exact) mass is 502 g/mol. The van der Waals surface area contributed by atoms with Gasteiger partial charge in [0.05, 0.1) is 17.6 Å². The number of imidazole rings is 1. The predicted octanol–water partition coefficient (Wildman–Crippen LogP) is 8.12. The molecule has 3 rings (SSSR count). The largest absolute Gasteiger partial charge is 0.473 e. The molecule has 2 aromatic heterocycles. The van der Waals surface area contributed by atoms with E-state index in [1.54, 1.807) is 15.6 Å². The fourth-order valence-corrected chi connectivity index (χ4v) is 4.73. The molecule has 0 spiro atoms. The van der Waals surface area contributed by atoms with E-state index in [0.717, 1.165) is 50.6 Å². The highest BCUT2D eigenvalue weighted by Gasteiger charge is 2.29. The third kappa shape index (κ3) is 8.67. The predicted molar refractivity (Wildman–Crippen MR) is 148 cm³/mol. The van der Waals surface area contributed by atoms with Crippen molar-refractivity contribution in [2.75, 3.05) is 11.4 Å². The number of rotatable bonds is 10. The second-order valence-electron chi connectivity index (χ2n) is 10.8. The molecule has 1 atom stereocenters. The number of aryl methyl sites for hydroxylation is 1. The second kappa shape index (κ2) is 14.4. The Morgan fingerprint density at radius 2 is 1.83 bits per heavy atom. The van der Waals surface area contributed by atoms with Gasteiger partial charge in [0.15, 0.2) is 5.65 Å². The third-order valence-corrected chi connectivity index (χ3v) is 6.44. The van der Waals surface area contributed by atoms with Gasteiger partial charge in [-0.25, -0.2) is 14.3 Å². The van der Waals surface area contributed by atoms with Gasteiger partial charge in [-0.2, -0.15) is 0 Å². The molecule has 1 aliphatic rings. The van der Waals surface area contributed by atoms with Crippen molar-refractivity contribution < 1.29 is 14.3 Å². The second-order valence-corrected chi connectivity index (χ2v) is 10.8. The first-order chi connectivity index (χ1) is 17.2. The average Bonchev–Trinajstić information content (AvgIpc) is 3.22. The highest BCUT2D eigenvalue weighted by atomic mass is 16.6. The molecule has 36 heavy (non-hydrogen) atoms. The van der Waals surface area contributed by atoms with Crippen LogP contribution in [0.5, 0.6) is 5.88 Å². The maximum Gasteiger partial charge on any atom is 0.414 e. The van der Waals surface area contributed by atoms with Gasteiger partial charge in [0, 0.05) is 12.6 Å². The SMILES string of the molecule is CC.CCCCC(CCC)CN(C(=O)OC(C)(C)C)c1cc(OC2CCCCC2)nn2c(C)cnc12. The van der Waals surface area contributed by atoms with Crippen LogP contribution in [0.1, 0.15) is 118 Å². The molecule has 0 N–H and O–H groups in total. The van der Waals surface area contributed by atoms with Crippen LogP contribution in [0.4, 0.5) is 10.5 Å². The molecule has 1 aliphatic carbocycles. The van der Waals surface area contributed by atoms with Crippen LogP contribution in [-0.4, -0.2) is 38.9 Å². The van der Waals surface area contributed by atoms with Crippen LogP contribution in [0.2, 0.25) is 0 Å². The number of carbonyl (C=O) groups is 1. The Labute approximate surface area is 218 Å². The van der Waals surface area contributed by atoms with Crippen LogP contribution >= 0.6 is 0 Å². The minimum Gasteiger partial charge on any atom is -0.473 e. The lowest BCUT2D eigenvalue weighted by atomic mass is 9.96. The Balaban J connectivity index is 0.00000222. The van der Waals surface area contributed by atoms with Gasteiger partial charge in [-0.3, -0.25) is 4.90 Å². The zero-order valence-electron chi connectivity index (χ0n) is 24.1. The lowest BCUT2D eigenvalue weighted by molar-refractivity contribution is 0.0573. The van der Waals surface area contributed by atoms with Crippen molar-refractivity contribution in [1.82, 2.24) is 14.6 Å². The molecule has 1 amide bonds. The van der Waals surface area contributed by atoms with E-state index in [0.29, 0.717) is 29.7 Å². The highest BCUT2D eigenvalue weighted by Crippen LogP contribution is 2.31. The smallest absolute Gasteiger partial charge is 0.414 e. The van der Waals surface area contributed by atoms with Gasteiger partial charge < -0.3 is 9.47 Å². The van der Waals surface area contributed by atoms with Crippen LogP contribution in [0.15, 0.2) is 12.3 Å². The summed E-state index contributed by atoms with van der Waals surface area (Å²) in [7, 11) is 0. The van der Waals surface area contributed by atoms with Gasteiger partial charge in [-0.1, -0.05) is 53.4 Å². The van der Waals surface area contributed by atoms with Crippen LogP contribution in [0.25, 0.3) is 5.65 Å². The molecular weight excluding hydrogens is 452 g/mol. The topological polar surface area (TPSA) is 69.0 Å².